The van der Waals surface area contributed by atoms with Gasteiger partial charge in [0.1, 0.15) is 0 Å². The van der Waals surface area contributed by atoms with Gasteiger partial charge in [0, 0.05) is 18.6 Å². The smallest absolute Gasteiger partial charge is 0.157 e. The van der Waals surface area contributed by atoms with E-state index in [4.69, 9.17) is 18.9 Å². The normalized spacial score (nSPS) is 53.1. The zero-order valence-electron chi connectivity index (χ0n) is 30.1. The van der Waals surface area contributed by atoms with Crippen molar-refractivity contribution < 1.29 is 18.9 Å². The van der Waals surface area contributed by atoms with Crippen LogP contribution in [0.4, 0.5) is 0 Å². The zero-order chi connectivity index (χ0) is 31.7. The summed E-state index contributed by atoms with van der Waals surface area (Å²) in [6, 6.07) is 0. The molecular weight excluding hydrogens is 556 g/mol. The fourth-order valence-electron chi connectivity index (χ4n) is 14.2. The van der Waals surface area contributed by atoms with Crippen LogP contribution in [0.15, 0.2) is 12.2 Å². The second kappa shape index (κ2) is 12.2. The molecule has 5 aliphatic carbocycles. The molecule has 0 radical (unpaired) electrons. The lowest BCUT2D eigenvalue weighted by atomic mass is 9.32. The van der Waals surface area contributed by atoms with Gasteiger partial charge in [-0.15, -0.1) is 0 Å². The van der Waals surface area contributed by atoms with Crippen LogP contribution in [0.3, 0.4) is 0 Å². The quantitative estimate of drug-likeness (QED) is 0.209. The van der Waals surface area contributed by atoms with Crippen molar-refractivity contribution in [3.05, 3.63) is 12.2 Å². The van der Waals surface area contributed by atoms with E-state index in [0.717, 1.165) is 75.6 Å². The Morgan fingerprint density at radius 1 is 0.733 bits per heavy atom. The highest BCUT2D eigenvalue weighted by atomic mass is 16.7. The summed E-state index contributed by atoms with van der Waals surface area (Å²) in [5, 5.41) is 0. The second-order valence-corrected chi connectivity index (χ2v) is 18.5. The molecule has 0 N–H and O–H groups in total. The molecule has 2 unspecified atom stereocenters. The third-order valence-electron chi connectivity index (χ3n) is 16.9. The molecule has 0 aromatic heterocycles. The van der Waals surface area contributed by atoms with Gasteiger partial charge in [0.2, 0.25) is 0 Å². The third kappa shape index (κ3) is 5.10. The van der Waals surface area contributed by atoms with Crippen molar-refractivity contribution >= 4 is 0 Å². The van der Waals surface area contributed by atoms with E-state index in [9.17, 15) is 0 Å². The molecule has 0 spiro atoms. The van der Waals surface area contributed by atoms with E-state index in [1.165, 1.54) is 82.6 Å². The molecule has 0 amide bonds. The van der Waals surface area contributed by atoms with Gasteiger partial charge in [-0.05, 0) is 161 Å². The first kappa shape index (κ1) is 33.1. The molecule has 0 aromatic carbocycles. The average Bonchev–Trinajstić information content (AvgIpc) is 3.44. The Labute approximate surface area is 276 Å². The molecule has 5 saturated carbocycles. The summed E-state index contributed by atoms with van der Waals surface area (Å²) in [5.41, 5.74) is 3.11. The maximum Gasteiger partial charge on any atom is 0.157 e. The zero-order valence-corrected chi connectivity index (χ0v) is 30.1. The molecule has 2 heterocycles. The predicted molar refractivity (Wildman–Crippen MR) is 182 cm³/mol. The van der Waals surface area contributed by atoms with Crippen LogP contribution in [0.2, 0.25) is 0 Å². The van der Waals surface area contributed by atoms with Crippen molar-refractivity contribution in [1.29, 1.82) is 0 Å². The van der Waals surface area contributed by atoms with Crippen LogP contribution in [-0.2, 0) is 18.9 Å². The SMILES string of the molecule is C=C(C)[C@@H]1CC[C@]2(CC)CC[C@]3(C)[C@H](CC[C@@H]4[C@@]5(C)CC[C@H](OC6CCCCO6)[C@@](C)(COC6CCCCO6)[C@@H]5CC[C@]43C)[C@@H]12. The molecule has 256 valence electrons. The van der Waals surface area contributed by atoms with E-state index in [2.05, 4.69) is 48.1 Å². The Balaban J connectivity index is 1.19. The minimum absolute atomic E-state index is 0.0336. The van der Waals surface area contributed by atoms with Gasteiger partial charge in [-0.25, -0.2) is 0 Å². The number of rotatable bonds is 7. The summed E-state index contributed by atoms with van der Waals surface area (Å²) in [5.74, 6) is 3.79. The molecule has 4 heteroatoms. The molecule has 7 rings (SSSR count). The molecule has 45 heavy (non-hydrogen) atoms. The second-order valence-electron chi connectivity index (χ2n) is 18.5. The lowest BCUT2D eigenvalue weighted by Gasteiger charge is -2.73. The topological polar surface area (TPSA) is 36.9 Å². The van der Waals surface area contributed by atoms with E-state index in [1.807, 2.05) is 0 Å². The van der Waals surface area contributed by atoms with Crippen LogP contribution in [0.5, 0.6) is 0 Å². The van der Waals surface area contributed by atoms with Crippen LogP contribution in [-0.4, -0.2) is 38.5 Å². The number of ether oxygens (including phenoxy) is 4. The summed E-state index contributed by atoms with van der Waals surface area (Å²) in [6.07, 6.45) is 21.9. The van der Waals surface area contributed by atoms with Crippen LogP contribution < -0.4 is 0 Å². The maximum atomic E-state index is 7.00. The highest BCUT2D eigenvalue weighted by molar-refractivity contribution is 5.21. The van der Waals surface area contributed by atoms with Crippen LogP contribution in [0, 0.1) is 56.7 Å². The number of hydrogen-bond acceptors (Lipinski definition) is 4. The largest absolute Gasteiger partial charge is 0.353 e. The molecule has 4 nitrogen and oxygen atoms in total. The van der Waals surface area contributed by atoms with Crippen molar-refractivity contribution in [3.8, 4) is 0 Å². The van der Waals surface area contributed by atoms with E-state index in [-0.39, 0.29) is 24.1 Å². The van der Waals surface area contributed by atoms with E-state index < -0.39 is 0 Å². The standard InChI is InChI=1S/C41H68O4/c1-8-41-22-17-29(28(2)3)36(41)30-15-16-32-37(4)20-19-33(45-35-14-10-12-26-43-35)38(5,27-44-34-13-9-11-25-42-34)31(37)18-21-40(32,7)39(30,6)23-24-41/h29-36H,2,8-27H2,1,3-7H3/t29-,30+,31+,32+,33-,34?,35?,36+,37-,38-,39+,40+,41+/m0/s1. The highest BCUT2D eigenvalue weighted by Gasteiger charge is 2.71. The summed E-state index contributed by atoms with van der Waals surface area (Å²) >= 11 is 0. The Morgan fingerprint density at radius 2 is 1.47 bits per heavy atom. The van der Waals surface area contributed by atoms with Crippen molar-refractivity contribution in [2.24, 2.45) is 56.7 Å². The molecule has 0 bridgehead atoms. The summed E-state index contributed by atoms with van der Waals surface area (Å²) in [7, 11) is 0. The summed E-state index contributed by atoms with van der Waals surface area (Å²) < 4.78 is 26.1. The van der Waals surface area contributed by atoms with Crippen molar-refractivity contribution in [2.75, 3.05) is 19.8 Å². The lowest BCUT2D eigenvalue weighted by Crippen LogP contribution is -2.67. The lowest BCUT2D eigenvalue weighted by molar-refractivity contribution is -0.292. The highest BCUT2D eigenvalue weighted by Crippen LogP contribution is 2.78. The fourth-order valence-corrected chi connectivity index (χ4v) is 14.2. The minimum Gasteiger partial charge on any atom is -0.353 e. The van der Waals surface area contributed by atoms with E-state index in [0.29, 0.717) is 27.6 Å². The van der Waals surface area contributed by atoms with E-state index >= 15 is 0 Å². The predicted octanol–water partition coefficient (Wildman–Crippen LogP) is 10.5. The number of allylic oxidation sites excluding steroid dienone is 1. The van der Waals surface area contributed by atoms with Crippen LogP contribution in [0.25, 0.3) is 0 Å². The van der Waals surface area contributed by atoms with Gasteiger partial charge in [-0.1, -0.05) is 53.2 Å². The van der Waals surface area contributed by atoms with Gasteiger partial charge in [-0.2, -0.15) is 0 Å². The summed E-state index contributed by atoms with van der Waals surface area (Å²) in [4.78, 5) is 0. The van der Waals surface area contributed by atoms with Gasteiger partial charge in [0.05, 0.1) is 12.7 Å². The molecule has 7 fully saturated rings. The Bertz CT molecular complexity index is 1080. The first-order valence-electron chi connectivity index (χ1n) is 19.7. The Hall–Kier alpha value is -0.420. The minimum atomic E-state index is -0.0488. The first-order valence-corrected chi connectivity index (χ1v) is 19.7. The maximum absolute atomic E-state index is 7.00. The van der Waals surface area contributed by atoms with E-state index in [1.54, 1.807) is 0 Å². The molecule has 2 saturated heterocycles. The molecular formula is C41H68O4. The Morgan fingerprint density at radius 3 is 2.13 bits per heavy atom. The van der Waals surface area contributed by atoms with Gasteiger partial charge in [0.25, 0.3) is 0 Å². The number of hydrogen-bond donors (Lipinski definition) is 0. The van der Waals surface area contributed by atoms with Gasteiger partial charge in [0.15, 0.2) is 12.6 Å². The van der Waals surface area contributed by atoms with Gasteiger partial charge < -0.3 is 18.9 Å². The molecule has 2 aliphatic heterocycles. The van der Waals surface area contributed by atoms with Crippen molar-refractivity contribution in [1.82, 2.24) is 0 Å². The fraction of sp³-hybridized carbons (Fsp3) is 0.951. The molecule has 0 aromatic rings. The van der Waals surface area contributed by atoms with Gasteiger partial charge >= 0.3 is 0 Å². The summed E-state index contributed by atoms with van der Waals surface area (Å²) in [6.45, 7) is 22.7. The molecule has 7 aliphatic rings. The van der Waals surface area contributed by atoms with Crippen molar-refractivity contribution in [3.63, 3.8) is 0 Å². The monoisotopic (exact) mass is 625 g/mol. The van der Waals surface area contributed by atoms with Crippen LogP contribution >= 0.6 is 0 Å². The van der Waals surface area contributed by atoms with Gasteiger partial charge in [-0.3, -0.25) is 0 Å². The Kier molecular flexibility index (Phi) is 8.95. The average molecular weight is 625 g/mol. The first-order chi connectivity index (χ1) is 21.5. The third-order valence-corrected chi connectivity index (χ3v) is 16.9. The van der Waals surface area contributed by atoms with Crippen LogP contribution in [0.1, 0.15) is 151 Å². The van der Waals surface area contributed by atoms with Crippen molar-refractivity contribution in [2.45, 2.75) is 169 Å². The molecule has 13 atom stereocenters. The number of fused-ring (bicyclic) bond motifs is 7.